The van der Waals surface area contributed by atoms with Gasteiger partial charge in [-0.25, -0.2) is 0 Å². The smallest absolute Gasteiger partial charge is 0.237 e. The lowest BCUT2D eigenvalue weighted by atomic mass is 9.88. The van der Waals surface area contributed by atoms with E-state index in [2.05, 4.69) is 86.9 Å². The fraction of sp³-hybridized carbons (Fsp3) is 0.318. The number of aryl methyl sites for hydroxylation is 2. The third-order valence-electron chi connectivity index (χ3n) is 5.17. The van der Waals surface area contributed by atoms with Gasteiger partial charge in [0.25, 0.3) is 0 Å². The van der Waals surface area contributed by atoms with Crippen LogP contribution in [0.3, 0.4) is 0 Å². The molecule has 1 aromatic heterocycles. The lowest BCUT2D eigenvalue weighted by molar-refractivity contribution is -0.659. The van der Waals surface area contributed by atoms with Crippen molar-refractivity contribution < 1.29 is 4.57 Å². The van der Waals surface area contributed by atoms with E-state index < -0.39 is 0 Å². The number of benzene rings is 2. The van der Waals surface area contributed by atoms with Gasteiger partial charge in [-0.15, -0.1) is 0 Å². The van der Waals surface area contributed by atoms with Crippen molar-refractivity contribution in [3.05, 3.63) is 53.7 Å². The standard InChI is InChI=1S/C22H25N2/c1-14(2)13-17-11-12-23(4)22-19-15(3)9-10-16-7-6-8-18(20(16)19)24(5)21(17)22/h6-12,14H,13H2,1-5H3/q+1. The lowest BCUT2D eigenvalue weighted by Gasteiger charge is -2.31. The largest absolute Gasteiger partial charge is 0.338 e. The van der Waals surface area contributed by atoms with Crippen LogP contribution >= 0.6 is 0 Å². The predicted molar refractivity (Wildman–Crippen MR) is 102 cm³/mol. The Hall–Kier alpha value is -2.35. The Kier molecular flexibility index (Phi) is 3.38. The van der Waals surface area contributed by atoms with Crippen molar-refractivity contribution in [2.24, 2.45) is 13.0 Å². The zero-order chi connectivity index (χ0) is 17.0. The highest BCUT2D eigenvalue weighted by Gasteiger charge is 2.32. The summed E-state index contributed by atoms with van der Waals surface area (Å²) in [7, 11) is 4.38. The average Bonchev–Trinajstić information content (AvgIpc) is 2.55. The second kappa shape index (κ2) is 5.34. The molecule has 0 saturated heterocycles. The van der Waals surface area contributed by atoms with E-state index in [9.17, 15) is 0 Å². The van der Waals surface area contributed by atoms with Crippen LogP contribution in [0.25, 0.3) is 22.0 Å². The maximum atomic E-state index is 2.39. The molecule has 0 saturated carbocycles. The average molecular weight is 317 g/mol. The van der Waals surface area contributed by atoms with Crippen LogP contribution in [0.2, 0.25) is 0 Å². The molecule has 0 amide bonds. The van der Waals surface area contributed by atoms with Gasteiger partial charge in [-0.3, -0.25) is 0 Å². The molecule has 1 aliphatic heterocycles. The molecule has 2 heterocycles. The predicted octanol–water partition coefficient (Wildman–Crippen LogP) is 4.92. The SMILES string of the molecule is Cc1ccc2cccc3c2c1-c1c(c(CC(C)C)cc[n+]1C)N3C. The Morgan fingerprint density at radius 2 is 1.88 bits per heavy atom. The topological polar surface area (TPSA) is 7.12 Å². The molecule has 0 aliphatic carbocycles. The second-order valence-corrected chi connectivity index (χ2v) is 7.44. The molecule has 1 aliphatic rings. The molecule has 0 fully saturated rings. The fourth-order valence-electron chi connectivity index (χ4n) is 4.12. The van der Waals surface area contributed by atoms with E-state index in [1.165, 1.54) is 44.5 Å². The Bertz CT molecular complexity index is 954. The quantitative estimate of drug-likeness (QED) is 0.609. The lowest BCUT2D eigenvalue weighted by Crippen LogP contribution is -2.35. The minimum absolute atomic E-state index is 0.643. The number of rotatable bonds is 2. The van der Waals surface area contributed by atoms with Crippen LogP contribution in [-0.2, 0) is 13.5 Å². The summed E-state index contributed by atoms with van der Waals surface area (Å²) >= 11 is 0. The third kappa shape index (κ3) is 2.06. The van der Waals surface area contributed by atoms with E-state index in [-0.39, 0.29) is 0 Å². The zero-order valence-corrected chi connectivity index (χ0v) is 15.2. The molecule has 2 heteroatoms. The molecule has 0 radical (unpaired) electrons. The van der Waals surface area contributed by atoms with Gasteiger partial charge in [0.1, 0.15) is 12.7 Å². The second-order valence-electron chi connectivity index (χ2n) is 7.44. The summed E-state index contributed by atoms with van der Waals surface area (Å²) in [6, 6.07) is 13.4. The number of hydrogen-bond acceptors (Lipinski definition) is 1. The summed E-state index contributed by atoms with van der Waals surface area (Å²) < 4.78 is 2.29. The molecule has 3 aromatic rings. The van der Waals surface area contributed by atoms with Gasteiger partial charge in [0.15, 0.2) is 6.20 Å². The van der Waals surface area contributed by atoms with Crippen LogP contribution in [0.4, 0.5) is 11.4 Å². The minimum atomic E-state index is 0.643. The number of anilines is 2. The summed E-state index contributed by atoms with van der Waals surface area (Å²) in [5, 5.41) is 2.70. The van der Waals surface area contributed by atoms with E-state index >= 15 is 0 Å². The van der Waals surface area contributed by atoms with Gasteiger partial charge in [-0.1, -0.05) is 38.1 Å². The highest BCUT2D eigenvalue weighted by Crippen LogP contribution is 2.48. The van der Waals surface area contributed by atoms with E-state index in [0.29, 0.717) is 5.92 Å². The van der Waals surface area contributed by atoms with Gasteiger partial charge < -0.3 is 4.90 Å². The molecule has 2 aromatic carbocycles. The Balaban J connectivity index is 2.16. The van der Waals surface area contributed by atoms with Crippen molar-refractivity contribution in [2.45, 2.75) is 27.2 Å². The van der Waals surface area contributed by atoms with Crippen molar-refractivity contribution in [3.63, 3.8) is 0 Å². The summed E-state index contributed by atoms with van der Waals surface area (Å²) in [6.07, 6.45) is 3.32. The molecule has 4 rings (SSSR count). The van der Waals surface area contributed by atoms with E-state index in [0.717, 1.165) is 6.42 Å². The van der Waals surface area contributed by atoms with E-state index in [4.69, 9.17) is 0 Å². The molecule has 2 nitrogen and oxygen atoms in total. The van der Waals surface area contributed by atoms with Crippen LogP contribution in [0, 0.1) is 12.8 Å². The summed E-state index contributed by atoms with van der Waals surface area (Å²) in [5.41, 5.74) is 8.20. The van der Waals surface area contributed by atoms with Gasteiger partial charge in [0.05, 0.1) is 5.56 Å². The van der Waals surface area contributed by atoms with Crippen molar-refractivity contribution in [3.8, 4) is 11.3 Å². The molecule has 0 bridgehead atoms. The number of aromatic nitrogens is 1. The van der Waals surface area contributed by atoms with Crippen LogP contribution in [0.5, 0.6) is 0 Å². The van der Waals surface area contributed by atoms with Crippen LogP contribution in [0.1, 0.15) is 25.0 Å². The molecular formula is C22H25N2+. The summed E-state index contributed by atoms with van der Waals surface area (Å²) in [6.45, 7) is 6.82. The van der Waals surface area contributed by atoms with Crippen LogP contribution < -0.4 is 9.47 Å². The van der Waals surface area contributed by atoms with Gasteiger partial charge in [0.2, 0.25) is 5.69 Å². The molecule has 0 N–H and O–H groups in total. The van der Waals surface area contributed by atoms with Gasteiger partial charge in [0, 0.05) is 24.2 Å². The van der Waals surface area contributed by atoms with E-state index in [1.54, 1.807) is 0 Å². The molecule has 0 atom stereocenters. The fourth-order valence-corrected chi connectivity index (χ4v) is 4.12. The monoisotopic (exact) mass is 317 g/mol. The maximum absolute atomic E-state index is 2.39. The van der Waals surface area contributed by atoms with Crippen molar-refractivity contribution >= 4 is 22.1 Å². The Morgan fingerprint density at radius 1 is 1.08 bits per heavy atom. The number of hydrogen-bond donors (Lipinski definition) is 0. The first-order valence-electron chi connectivity index (χ1n) is 8.77. The molecule has 0 spiro atoms. The van der Waals surface area contributed by atoms with Crippen molar-refractivity contribution in [2.75, 3.05) is 11.9 Å². The zero-order valence-electron chi connectivity index (χ0n) is 15.2. The first-order chi connectivity index (χ1) is 11.5. The van der Waals surface area contributed by atoms with Gasteiger partial charge in [-0.05, 0) is 41.8 Å². The first-order valence-corrected chi connectivity index (χ1v) is 8.77. The number of pyridine rings is 1. The highest BCUT2D eigenvalue weighted by molar-refractivity contribution is 6.11. The molecular weight excluding hydrogens is 292 g/mol. The maximum Gasteiger partial charge on any atom is 0.237 e. The molecule has 24 heavy (non-hydrogen) atoms. The summed E-state index contributed by atoms with van der Waals surface area (Å²) in [4.78, 5) is 2.39. The Morgan fingerprint density at radius 3 is 2.62 bits per heavy atom. The van der Waals surface area contributed by atoms with Crippen LogP contribution in [-0.4, -0.2) is 7.05 Å². The molecule has 0 unspecified atom stereocenters. The van der Waals surface area contributed by atoms with Gasteiger partial charge in [-0.2, -0.15) is 4.57 Å². The normalized spacial score (nSPS) is 12.8. The van der Waals surface area contributed by atoms with Crippen molar-refractivity contribution in [1.29, 1.82) is 0 Å². The number of fused-ring (bicyclic) bond motifs is 2. The highest BCUT2D eigenvalue weighted by atomic mass is 15.1. The van der Waals surface area contributed by atoms with Crippen LogP contribution in [0.15, 0.2) is 42.6 Å². The summed E-state index contributed by atoms with van der Waals surface area (Å²) in [5.74, 6) is 0.643. The third-order valence-corrected chi connectivity index (χ3v) is 5.17. The minimum Gasteiger partial charge on any atom is -0.338 e. The van der Waals surface area contributed by atoms with E-state index in [1.807, 2.05) is 0 Å². The van der Waals surface area contributed by atoms with Crippen molar-refractivity contribution in [1.82, 2.24) is 0 Å². The number of nitrogens with zero attached hydrogens (tertiary/aromatic N) is 2. The molecule has 122 valence electrons. The van der Waals surface area contributed by atoms with Gasteiger partial charge >= 0.3 is 0 Å². The first kappa shape index (κ1) is 15.2. The Labute approximate surface area is 144 Å².